The molecule has 0 fully saturated rings. The van der Waals surface area contributed by atoms with Gasteiger partial charge in [-0.05, 0) is 42.3 Å². The average molecular weight is 401 g/mol. The summed E-state index contributed by atoms with van der Waals surface area (Å²) in [6, 6.07) is 14.4. The van der Waals surface area contributed by atoms with Gasteiger partial charge in [0.1, 0.15) is 5.75 Å². The molecule has 0 saturated heterocycles. The maximum atomic E-state index is 12.2. The molecule has 28 heavy (non-hydrogen) atoms. The molecule has 7 nitrogen and oxygen atoms in total. The Bertz CT molecular complexity index is 1020. The van der Waals surface area contributed by atoms with Gasteiger partial charge in [-0.3, -0.25) is 9.52 Å². The second-order valence-electron chi connectivity index (χ2n) is 6.49. The van der Waals surface area contributed by atoms with E-state index in [1.807, 2.05) is 30.3 Å². The number of hydrazone groups is 1. The van der Waals surface area contributed by atoms with Crippen LogP contribution in [0.25, 0.3) is 0 Å². The lowest BCUT2D eigenvalue weighted by Gasteiger charge is -2.20. The van der Waals surface area contributed by atoms with Gasteiger partial charge in [-0.15, -0.1) is 0 Å². The van der Waals surface area contributed by atoms with E-state index in [4.69, 9.17) is 4.74 Å². The molecule has 1 aliphatic rings. The van der Waals surface area contributed by atoms with E-state index in [1.54, 1.807) is 32.2 Å². The highest BCUT2D eigenvalue weighted by Gasteiger charge is 2.31. The number of rotatable bonds is 6. The van der Waals surface area contributed by atoms with Crippen molar-refractivity contribution in [3.63, 3.8) is 0 Å². The number of amides is 1. The number of ether oxygens (including phenoxy) is 1. The van der Waals surface area contributed by atoms with Crippen LogP contribution in [0.1, 0.15) is 37.4 Å². The molecular weight excluding hydrogens is 378 g/mol. The summed E-state index contributed by atoms with van der Waals surface area (Å²) in [5.41, 5.74) is 2.89. The quantitative estimate of drug-likeness (QED) is 0.805. The predicted octanol–water partition coefficient (Wildman–Crippen LogP) is 3.15. The molecule has 0 spiro atoms. The number of nitrogens with one attached hydrogen (secondary N) is 1. The molecule has 0 radical (unpaired) electrons. The Labute approximate surface area is 165 Å². The van der Waals surface area contributed by atoms with Gasteiger partial charge in [0.2, 0.25) is 15.9 Å². The SMILES string of the molecule is CCS(=O)(=O)Nc1cccc(C2=NN(C(C)=O)[C@H](c3cccc(OC)c3)C2)c1. The van der Waals surface area contributed by atoms with Gasteiger partial charge in [0.25, 0.3) is 0 Å². The maximum Gasteiger partial charge on any atom is 0.240 e. The summed E-state index contributed by atoms with van der Waals surface area (Å²) in [7, 11) is -1.77. The van der Waals surface area contributed by atoms with Gasteiger partial charge in [-0.1, -0.05) is 24.3 Å². The third-order valence-electron chi connectivity index (χ3n) is 4.56. The molecule has 0 bridgehead atoms. The lowest BCUT2D eigenvalue weighted by Crippen LogP contribution is -2.24. The summed E-state index contributed by atoms with van der Waals surface area (Å²) in [5, 5.41) is 5.98. The molecule has 0 aromatic heterocycles. The number of methoxy groups -OCH3 is 1. The standard InChI is InChI=1S/C20H23N3O4S/c1-4-28(25,26)22-17-9-5-7-15(11-17)19-13-20(23(21-19)14(2)24)16-8-6-10-18(12-16)27-3/h5-12,20,22H,4,13H2,1-3H3/t20-/m0/s1. The number of carbonyl (C=O) groups is 1. The zero-order chi connectivity index (χ0) is 20.3. The Morgan fingerprint density at radius 3 is 2.68 bits per heavy atom. The maximum absolute atomic E-state index is 12.2. The molecule has 1 aliphatic heterocycles. The minimum Gasteiger partial charge on any atom is -0.497 e. The number of hydrogen-bond donors (Lipinski definition) is 1. The van der Waals surface area contributed by atoms with E-state index >= 15 is 0 Å². The summed E-state index contributed by atoms with van der Waals surface area (Å²) in [4.78, 5) is 12.2. The van der Waals surface area contributed by atoms with E-state index in [-0.39, 0.29) is 17.7 Å². The van der Waals surface area contributed by atoms with Gasteiger partial charge in [-0.2, -0.15) is 5.10 Å². The molecule has 0 unspecified atom stereocenters. The fourth-order valence-electron chi connectivity index (χ4n) is 3.10. The predicted molar refractivity (Wildman–Crippen MR) is 109 cm³/mol. The number of carbonyl (C=O) groups excluding carboxylic acids is 1. The van der Waals surface area contributed by atoms with E-state index in [1.165, 1.54) is 11.9 Å². The van der Waals surface area contributed by atoms with E-state index in [2.05, 4.69) is 9.82 Å². The van der Waals surface area contributed by atoms with Crippen LogP contribution in [0.15, 0.2) is 53.6 Å². The Balaban J connectivity index is 1.91. The van der Waals surface area contributed by atoms with Crippen molar-refractivity contribution in [3.05, 3.63) is 59.7 Å². The molecule has 2 aromatic carbocycles. The molecule has 8 heteroatoms. The van der Waals surface area contributed by atoms with Crippen molar-refractivity contribution in [2.24, 2.45) is 5.10 Å². The summed E-state index contributed by atoms with van der Waals surface area (Å²) < 4.78 is 31.5. The van der Waals surface area contributed by atoms with Gasteiger partial charge < -0.3 is 4.74 Å². The third kappa shape index (κ3) is 4.33. The number of nitrogens with zero attached hydrogens (tertiary/aromatic N) is 2. The topological polar surface area (TPSA) is 88.1 Å². The minimum absolute atomic E-state index is 0.00575. The van der Waals surface area contributed by atoms with Gasteiger partial charge in [-0.25, -0.2) is 13.4 Å². The molecule has 1 atom stereocenters. The lowest BCUT2D eigenvalue weighted by molar-refractivity contribution is -0.130. The van der Waals surface area contributed by atoms with Crippen LogP contribution in [0.5, 0.6) is 5.75 Å². The van der Waals surface area contributed by atoms with Crippen molar-refractivity contribution in [1.29, 1.82) is 0 Å². The normalized spacial score (nSPS) is 16.6. The van der Waals surface area contributed by atoms with Crippen LogP contribution in [0.2, 0.25) is 0 Å². The lowest BCUT2D eigenvalue weighted by atomic mass is 9.98. The highest BCUT2D eigenvalue weighted by Crippen LogP contribution is 2.34. The van der Waals surface area contributed by atoms with Crippen LogP contribution in [0, 0.1) is 0 Å². The Hall–Kier alpha value is -2.87. The molecule has 3 rings (SSSR count). The molecule has 1 heterocycles. The Kier molecular flexibility index (Phi) is 5.69. The number of anilines is 1. The Morgan fingerprint density at radius 2 is 2.00 bits per heavy atom. The number of benzene rings is 2. The van der Waals surface area contributed by atoms with Gasteiger partial charge >= 0.3 is 0 Å². The second kappa shape index (κ2) is 8.02. The van der Waals surface area contributed by atoms with Crippen molar-refractivity contribution in [2.75, 3.05) is 17.6 Å². The fraction of sp³-hybridized carbons (Fsp3) is 0.300. The molecular formula is C20H23N3O4S. The van der Waals surface area contributed by atoms with Crippen LogP contribution in [0.3, 0.4) is 0 Å². The van der Waals surface area contributed by atoms with Gasteiger partial charge in [0.15, 0.2) is 0 Å². The zero-order valence-electron chi connectivity index (χ0n) is 16.0. The number of hydrogen-bond acceptors (Lipinski definition) is 5. The molecule has 2 aromatic rings. The van der Waals surface area contributed by atoms with Crippen LogP contribution in [-0.2, 0) is 14.8 Å². The summed E-state index contributed by atoms with van der Waals surface area (Å²) in [6.45, 7) is 3.06. The van der Waals surface area contributed by atoms with Crippen molar-refractivity contribution >= 4 is 27.3 Å². The largest absolute Gasteiger partial charge is 0.497 e. The first-order chi connectivity index (χ1) is 13.3. The van der Waals surface area contributed by atoms with Crippen LogP contribution >= 0.6 is 0 Å². The van der Waals surface area contributed by atoms with E-state index in [9.17, 15) is 13.2 Å². The zero-order valence-corrected chi connectivity index (χ0v) is 16.9. The molecule has 1 N–H and O–H groups in total. The van der Waals surface area contributed by atoms with Gasteiger partial charge in [0.05, 0.1) is 24.6 Å². The number of sulfonamides is 1. The van der Waals surface area contributed by atoms with Crippen LogP contribution in [0.4, 0.5) is 5.69 Å². The third-order valence-corrected chi connectivity index (χ3v) is 5.87. The summed E-state index contributed by atoms with van der Waals surface area (Å²) in [5.74, 6) is 0.546. The van der Waals surface area contributed by atoms with Gasteiger partial charge in [0, 0.05) is 19.0 Å². The highest BCUT2D eigenvalue weighted by atomic mass is 32.2. The van der Waals surface area contributed by atoms with Crippen LogP contribution in [-0.4, -0.2) is 37.9 Å². The monoisotopic (exact) mass is 401 g/mol. The van der Waals surface area contributed by atoms with E-state index < -0.39 is 10.0 Å². The smallest absolute Gasteiger partial charge is 0.240 e. The first kappa shape index (κ1) is 19.9. The minimum atomic E-state index is -3.37. The first-order valence-corrected chi connectivity index (χ1v) is 10.6. The van der Waals surface area contributed by atoms with Crippen molar-refractivity contribution in [1.82, 2.24) is 5.01 Å². The first-order valence-electron chi connectivity index (χ1n) is 8.95. The van der Waals surface area contributed by atoms with Crippen molar-refractivity contribution in [2.45, 2.75) is 26.3 Å². The summed E-state index contributed by atoms with van der Waals surface area (Å²) >= 11 is 0. The molecule has 0 saturated carbocycles. The molecule has 148 valence electrons. The second-order valence-corrected chi connectivity index (χ2v) is 8.50. The highest BCUT2D eigenvalue weighted by molar-refractivity contribution is 7.92. The summed E-state index contributed by atoms with van der Waals surface area (Å²) in [6.07, 6.45) is 0.525. The van der Waals surface area contributed by atoms with Crippen molar-refractivity contribution in [3.8, 4) is 5.75 Å². The van der Waals surface area contributed by atoms with E-state index in [0.717, 1.165) is 16.8 Å². The average Bonchev–Trinajstić information content (AvgIpc) is 3.14. The molecule has 0 aliphatic carbocycles. The van der Waals surface area contributed by atoms with Crippen LogP contribution < -0.4 is 9.46 Å². The molecule has 1 amide bonds. The van der Waals surface area contributed by atoms with Crippen molar-refractivity contribution < 1.29 is 17.9 Å². The van der Waals surface area contributed by atoms with E-state index in [0.29, 0.717) is 17.9 Å². The fourth-order valence-corrected chi connectivity index (χ4v) is 3.73. The Morgan fingerprint density at radius 1 is 1.25 bits per heavy atom.